The summed E-state index contributed by atoms with van der Waals surface area (Å²) in [5.41, 5.74) is 0. The fraction of sp³-hybridized carbons (Fsp3) is 0.800. The van der Waals surface area contributed by atoms with E-state index >= 15 is 0 Å². The minimum absolute atomic E-state index is 0. The molecule has 0 spiro atoms. The summed E-state index contributed by atoms with van der Waals surface area (Å²) in [7, 11) is 3.18. The van der Waals surface area contributed by atoms with Gasteiger partial charge in [0.2, 0.25) is 0 Å². The molecule has 0 aliphatic heterocycles. The summed E-state index contributed by atoms with van der Waals surface area (Å²) in [6.07, 6.45) is 0. The van der Waals surface area contributed by atoms with Crippen molar-refractivity contribution in [2.24, 2.45) is 0 Å². The number of nitrogens with zero attached hydrogens (tertiary/aromatic N) is 2. The van der Waals surface area contributed by atoms with Crippen LogP contribution in [0, 0.1) is 0 Å². The predicted molar refractivity (Wildman–Crippen MR) is 92.0 cm³/mol. The molecule has 0 fully saturated rings. The first kappa shape index (κ1) is 20.6. The fourth-order valence-electron chi connectivity index (χ4n) is 1.14. The zero-order valence-corrected chi connectivity index (χ0v) is 16.4. The van der Waals surface area contributed by atoms with Gasteiger partial charge in [0, 0.05) is 49.8 Å². The quantitative estimate of drug-likeness (QED) is 0.386. The number of hydrogen-bond donors (Lipinski definition) is 0. The standard InChI is InChI=1S/C10H20N2S4.Te/c1-5-11(6-2)9(13)15-16-10(14)12(7-3)8-4;/h5-8H2,1-4H3;. The monoisotopic (exact) mass is 426 g/mol. The fourth-order valence-corrected chi connectivity index (χ4v) is 4.20. The van der Waals surface area contributed by atoms with E-state index in [0.717, 1.165) is 34.8 Å². The Bertz CT molecular complexity index is 206. The van der Waals surface area contributed by atoms with Gasteiger partial charge in [0.25, 0.3) is 0 Å². The summed E-state index contributed by atoms with van der Waals surface area (Å²) in [5.74, 6) is 0. The molecule has 0 heterocycles. The Morgan fingerprint density at radius 1 is 0.765 bits per heavy atom. The number of hydrogen-bond acceptors (Lipinski definition) is 4. The summed E-state index contributed by atoms with van der Waals surface area (Å²) < 4.78 is 1.84. The van der Waals surface area contributed by atoms with Crippen LogP contribution in [0.5, 0.6) is 0 Å². The van der Waals surface area contributed by atoms with E-state index in [2.05, 4.69) is 37.5 Å². The minimum atomic E-state index is 0. The molecule has 17 heavy (non-hydrogen) atoms. The molecule has 0 aliphatic carbocycles. The molecule has 2 radical (unpaired) electrons. The second-order valence-electron chi connectivity index (χ2n) is 3.04. The first-order valence-corrected chi connectivity index (χ1v) is 8.49. The van der Waals surface area contributed by atoms with Crippen molar-refractivity contribution in [3.63, 3.8) is 0 Å². The van der Waals surface area contributed by atoms with E-state index in [1.165, 1.54) is 0 Å². The van der Waals surface area contributed by atoms with E-state index < -0.39 is 0 Å². The summed E-state index contributed by atoms with van der Waals surface area (Å²) in [6, 6.07) is 0. The third-order valence-corrected chi connectivity index (χ3v) is 5.96. The SMILES string of the molecule is CCN(CC)C(=S)SSC(=S)N(CC)CC.[Te]. The van der Waals surface area contributed by atoms with Gasteiger partial charge < -0.3 is 9.80 Å². The van der Waals surface area contributed by atoms with Gasteiger partial charge in [0.05, 0.1) is 0 Å². The smallest absolute Gasteiger partial charge is 0.147 e. The van der Waals surface area contributed by atoms with E-state index in [9.17, 15) is 0 Å². The molecule has 0 aromatic carbocycles. The molecule has 100 valence electrons. The molecule has 0 aliphatic rings. The molecule has 0 amide bonds. The minimum Gasteiger partial charge on any atom is -0.357 e. The van der Waals surface area contributed by atoms with Crippen LogP contribution >= 0.6 is 46.0 Å². The van der Waals surface area contributed by atoms with Crippen LogP contribution in [-0.4, -0.2) is 68.3 Å². The Kier molecular flexibility index (Phi) is 14.9. The molecular formula is C10H20N2S4Te. The van der Waals surface area contributed by atoms with Crippen LogP contribution in [0.2, 0.25) is 0 Å². The van der Waals surface area contributed by atoms with Crippen LogP contribution in [-0.2, 0) is 0 Å². The van der Waals surface area contributed by atoms with Crippen molar-refractivity contribution in [3.8, 4) is 0 Å². The summed E-state index contributed by atoms with van der Waals surface area (Å²) in [5, 5.41) is 0. The predicted octanol–water partition coefficient (Wildman–Crippen LogP) is 3.24. The Hall–Kier alpha value is 1.27. The first-order chi connectivity index (χ1) is 7.60. The maximum absolute atomic E-state index is 5.34. The van der Waals surface area contributed by atoms with Crippen molar-refractivity contribution in [3.05, 3.63) is 0 Å². The molecular weight excluding hydrogens is 404 g/mol. The molecule has 0 saturated carbocycles. The van der Waals surface area contributed by atoms with Gasteiger partial charge in [-0.05, 0) is 49.3 Å². The second-order valence-corrected chi connectivity index (χ2v) is 6.44. The Labute approximate surface area is 141 Å². The van der Waals surface area contributed by atoms with Crippen LogP contribution < -0.4 is 0 Å². The van der Waals surface area contributed by atoms with Gasteiger partial charge in [-0.3, -0.25) is 0 Å². The van der Waals surface area contributed by atoms with Crippen molar-refractivity contribution >= 4 is 78.3 Å². The summed E-state index contributed by atoms with van der Waals surface area (Å²) >= 11 is 10.7. The normalized spacial score (nSPS) is 9.41. The van der Waals surface area contributed by atoms with Crippen LogP contribution in [0.25, 0.3) is 0 Å². The third-order valence-electron chi connectivity index (χ3n) is 2.23. The van der Waals surface area contributed by atoms with Crippen molar-refractivity contribution in [2.75, 3.05) is 26.2 Å². The Morgan fingerprint density at radius 3 is 1.18 bits per heavy atom. The maximum atomic E-state index is 5.34. The summed E-state index contributed by atoms with van der Waals surface area (Å²) in [4.78, 5) is 4.33. The molecule has 2 nitrogen and oxygen atoms in total. The number of thiocarbonyl (C=S) groups is 2. The van der Waals surface area contributed by atoms with Crippen LogP contribution in [0.15, 0.2) is 0 Å². The van der Waals surface area contributed by atoms with Gasteiger partial charge in [0.15, 0.2) is 0 Å². The second kappa shape index (κ2) is 12.3. The van der Waals surface area contributed by atoms with Crippen molar-refractivity contribution in [1.29, 1.82) is 0 Å². The first-order valence-electron chi connectivity index (χ1n) is 5.52. The van der Waals surface area contributed by atoms with E-state index in [1.54, 1.807) is 21.6 Å². The van der Waals surface area contributed by atoms with E-state index in [1.807, 2.05) is 0 Å². The largest absolute Gasteiger partial charge is 0.357 e. The molecule has 0 aromatic rings. The summed E-state index contributed by atoms with van der Waals surface area (Å²) in [6.45, 7) is 12.3. The van der Waals surface area contributed by atoms with E-state index in [0.29, 0.717) is 0 Å². The Balaban J connectivity index is 0. The van der Waals surface area contributed by atoms with Crippen molar-refractivity contribution in [1.82, 2.24) is 9.80 Å². The van der Waals surface area contributed by atoms with Crippen LogP contribution in [0.4, 0.5) is 0 Å². The van der Waals surface area contributed by atoms with Crippen molar-refractivity contribution in [2.45, 2.75) is 27.7 Å². The molecule has 0 rings (SSSR count). The zero-order chi connectivity index (χ0) is 12.6. The van der Waals surface area contributed by atoms with Gasteiger partial charge in [-0.15, -0.1) is 0 Å². The van der Waals surface area contributed by atoms with Crippen LogP contribution in [0.3, 0.4) is 0 Å². The molecule has 0 bridgehead atoms. The molecule has 0 saturated heterocycles. The van der Waals surface area contributed by atoms with Gasteiger partial charge in [-0.1, -0.05) is 24.4 Å². The average molecular weight is 424 g/mol. The van der Waals surface area contributed by atoms with Gasteiger partial charge in [-0.25, -0.2) is 0 Å². The van der Waals surface area contributed by atoms with Gasteiger partial charge in [-0.2, -0.15) is 0 Å². The molecule has 0 aromatic heterocycles. The topological polar surface area (TPSA) is 6.48 Å². The molecule has 0 N–H and O–H groups in total. The number of rotatable bonds is 4. The van der Waals surface area contributed by atoms with Gasteiger partial charge >= 0.3 is 0 Å². The van der Waals surface area contributed by atoms with Crippen LogP contribution in [0.1, 0.15) is 27.7 Å². The average Bonchev–Trinajstić information content (AvgIpc) is 2.29. The van der Waals surface area contributed by atoms with Gasteiger partial charge in [0.1, 0.15) is 8.64 Å². The molecule has 0 atom stereocenters. The Morgan fingerprint density at radius 2 is 1.00 bits per heavy atom. The van der Waals surface area contributed by atoms with E-state index in [4.69, 9.17) is 24.4 Å². The third kappa shape index (κ3) is 8.12. The van der Waals surface area contributed by atoms with E-state index in [-0.39, 0.29) is 23.7 Å². The van der Waals surface area contributed by atoms with Crippen molar-refractivity contribution < 1.29 is 0 Å². The zero-order valence-electron chi connectivity index (χ0n) is 10.8. The molecule has 0 unspecified atom stereocenters. The molecule has 7 heteroatoms. The maximum Gasteiger partial charge on any atom is 0.147 e.